The number of halogens is 1. The highest BCUT2D eigenvalue weighted by atomic mass is 35.5. The Balaban J connectivity index is 2.23. The number of carbonyl (C=O) groups excluding carboxylic acids is 1. The monoisotopic (exact) mass is 250 g/mol. The number of hydrogen-bond donors (Lipinski definition) is 0. The highest BCUT2D eigenvalue weighted by Crippen LogP contribution is 2.34. The molecule has 17 heavy (non-hydrogen) atoms. The third-order valence-electron chi connectivity index (χ3n) is 2.53. The van der Waals surface area contributed by atoms with Crippen molar-refractivity contribution in [2.45, 2.75) is 12.8 Å². The minimum atomic E-state index is -0.0993. The summed E-state index contributed by atoms with van der Waals surface area (Å²) >= 11 is 5.91. The second kappa shape index (κ2) is 5.07. The standard InChI is InChI=1S/C12H11ClN2O2/c13-9-3-4-11-10(7-9)15(6-2-1-5-14)12(16)8-17-11/h3-4,7H,1-2,6,8H2. The molecule has 2 rings (SSSR count). The Kier molecular flexibility index (Phi) is 3.50. The number of carbonyl (C=O) groups is 1. The molecule has 1 aromatic rings. The van der Waals surface area contributed by atoms with E-state index in [9.17, 15) is 4.79 Å². The van der Waals surface area contributed by atoms with Gasteiger partial charge in [0.15, 0.2) is 6.61 Å². The quantitative estimate of drug-likeness (QED) is 0.774. The summed E-state index contributed by atoms with van der Waals surface area (Å²) in [6.45, 7) is 0.560. The summed E-state index contributed by atoms with van der Waals surface area (Å²) in [5.41, 5.74) is 0.687. The fourth-order valence-electron chi connectivity index (χ4n) is 1.74. The van der Waals surface area contributed by atoms with Crippen LogP contribution >= 0.6 is 11.6 Å². The van der Waals surface area contributed by atoms with Crippen molar-refractivity contribution in [3.63, 3.8) is 0 Å². The Hall–Kier alpha value is -1.73. The molecule has 1 aliphatic rings. The average Bonchev–Trinajstić information content (AvgIpc) is 2.32. The summed E-state index contributed by atoms with van der Waals surface area (Å²) in [6, 6.07) is 7.25. The van der Waals surface area contributed by atoms with Gasteiger partial charge in [-0.15, -0.1) is 0 Å². The topological polar surface area (TPSA) is 53.3 Å². The van der Waals surface area contributed by atoms with Crippen LogP contribution in [0.4, 0.5) is 5.69 Å². The molecule has 1 aliphatic heterocycles. The molecule has 1 amide bonds. The van der Waals surface area contributed by atoms with Crippen molar-refractivity contribution in [1.82, 2.24) is 0 Å². The first-order valence-corrected chi connectivity index (χ1v) is 5.70. The molecule has 1 heterocycles. The van der Waals surface area contributed by atoms with E-state index in [2.05, 4.69) is 6.07 Å². The molecule has 0 saturated carbocycles. The van der Waals surface area contributed by atoms with E-state index in [1.165, 1.54) is 0 Å². The number of unbranched alkanes of at least 4 members (excludes halogenated alkanes) is 1. The van der Waals surface area contributed by atoms with Crippen LogP contribution in [0.3, 0.4) is 0 Å². The molecule has 0 radical (unpaired) electrons. The first-order valence-electron chi connectivity index (χ1n) is 5.32. The Labute approximate surface area is 104 Å². The number of nitriles is 1. The number of ether oxygens (including phenoxy) is 1. The lowest BCUT2D eigenvalue weighted by Crippen LogP contribution is -2.39. The second-order valence-corrected chi connectivity index (χ2v) is 4.14. The number of benzene rings is 1. The summed E-state index contributed by atoms with van der Waals surface area (Å²) in [5.74, 6) is 0.559. The van der Waals surface area contributed by atoms with Crippen LogP contribution in [0, 0.1) is 11.3 Å². The lowest BCUT2D eigenvalue weighted by atomic mass is 10.2. The van der Waals surface area contributed by atoms with Crippen LogP contribution in [0.25, 0.3) is 0 Å². The van der Waals surface area contributed by atoms with Gasteiger partial charge in [0.25, 0.3) is 5.91 Å². The van der Waals surface area contributed by atoms with Gasteiger partial charge in [0.05, 0.1) is 11.8 Å². The van der Waals surface area contributed by atoms with E-state index in [1.54, 1.807) is 23.1 Å². The van der Waals surface area contributed by atoms with Gasteiger partial charge in [-0.1, -0.05) is 11.6 Å². The normalized spacial score (nSPS) is 13.9. The Morgan fingerprint density at radius 2 is 2.35 bits per heavy atom. The van der Waals surface area contributed by atoms with Crippen LogP contribution in [0.15, 0.2) is 18.2 Å². The number of amides is 1. The summed E-state index contributed by atoms with van der Waals surface area (Å²) in [4.78, 5) is 13.4. The van der Waals surface area contributed by atoms with E-state index < -0.39 is 0 Å². The Morgan fingerprint density at radius 1 is 1.53 bits per heavy atom. The maximum atomic E-state index is 11.7. The van der Waals surface area contributed by atoms with Crippen molar-refractivity contribution in [2.75, 3.05) is 18.1 Å². The van der Waals surface area contributed by atoms with Crippen molar-refractivity contribution in [3.8, 4) is 11.8 Å². The molecule has 1 aromatic carbocycles. The van der Waals surface area contributed by atoms with Gasteiger partial charge in [-0.3, -0.25) is 4.79 Å². The summed E-state index contributed by atoms with van der Waals surface area (Å²) in [5, 5.41) is 9.06. The van der Waals surface area contributed by atoms with Crippen LogP contribution in [0.2, 0.25) is 5.02 Å². The van der Waals surface area contributed by atoms with Gasteiger partial charge in [0, 0.05) is 18.0 Å². The summed E-state index contributed by atoms with van der Waals surface area (Å²) in [6.07, 6.45) is 1.08. The molecule has 0 N–H and O–H groups in total. The van der Waals surface area contributed by atoms with E-state index >= 15 is 0 Å². The van der Waals surface area contributed by atoms with Crippen molar-refractivity contribution in [1.29, 1.82) is 5.26 Å². The number of rotatable bonds is 3. The van der Waals surface area contributed by atoms with Crippen LogP contribution in [-0.4, -0.2) is 19.1 Å². The van der Waals surface area contributed by atoms with E-state index in [1.807, 2.05) is 0 Å². The van der Waals surface area contributed by atoms with Gasteiger partial charge in [0.1, 0.15) is 5.75 Å². The fraction of sp³-hybridized carbons (Fsp3) is 0.333. The molecule has 0 aromatic heterocycles. The third kappa shape index (κ3) is 2.51. The molecule has 0 bridgehead atoms. The largest absolute Gasteiger partial charge is 0.482 e. The average molecular weight is 251 g/mol. The predicted molar refractivity (Wildman–Crippen MR) is 64.1 cm³/mol. The molecule has 0 atom stereocenters. The first kappa shape index (κ1) is 11.7. The zero-order valence-electron chi connectivity index (χ0n) is 9.15. The molecule has 0 saturated heterocycles. The predicted octanol–water partition coefficient (Wildman–Crippen LogP) is 2.37. The van der Waals surface area contributed by atoms with Gasteiger partial charge < -0.3 is 9.64 Å². The molecule has 0 fully saturated rings. The summed E-state index contributed by atoms with van der Waals surface area (Å²) < 4.78 is 5.31. The van der Waals surface area contributed by atoms with Crippen molar-refractivity contribution < 1.29 is 9.53 Å². The third-order valence-corrected chi connectivity index (χ3v) is 2.77. The minimum Gasteiger partial charge on any atom is -0.482 e. The maximum absolute atomic E-state index is 11.7. The van der Waals surface area contributed by atoms with E-state index in [-0.39, 0.29) is 12.5 Å². The summed E-state index contributed by atoms with van der Waals surface area (Å²) in [7, 11) is 0. The van der Waals surface area contributed by atoms with E-state index in [0.717, 1.165) is 0 Å². The number of anilines is 1. The molecule has 88 valence electrons. The molecular formula is C12H11ClN2O2. The second-order valence-electron chi connectivity index (χ2n) is 3.71. The zero-order chi connectivity index (χ0) is 12.3. The van der Waals surface area contributed by atoms with Gasteiger partial charge >= 0.3 is 0 Å². The number of fused-ring (bicyclic) bond motifs is 1. The molecule has 0 spiro atoms. The Bertz CT molecular complexity index is 482. The lowest BCUT2D eigenvalue weighted by molar-refractivity contribution is -0.121. The van der Waals surface area contributed by atoms with Crippen LogP contribution in [0.5, 0.6) is 5.75 Å². The van der Waals surface area contributed by atoms with Gasteiger partial charge in [0.2, 0.25) is 0 Å². The van der Waals surface area contributed by atoms with Crippen LogP contribution in [-0.2, 0) is 4.79 Å². The maximum Gasteiger partial charge on any atom is 0.265 e. The zero-order valence-corrected chi connectivity index (χ0v) is 9.91. The van der Waals surface area contributed by atoms with E-state index in [0.29, 0.717) is 35.8 Å². The smallest absolute Gasteiger partial charge is 0.265 e. The van der Waals surface area contributed by atoms with Gasteiger partial charge in [-0.05, 0) is 24.6 Å². The molecule has 0 unspecified atom stereocenters. The highest BCUT2D eigenvalue weighted by Gasteiger charge is 2.25. The molecule has 0 aliphatic carbocycles. The van der Waals surface area contributed by atoms with Crippen LogP contribution in [0.1, 0.15) is 12.8 Å². The first-order chi connectivity index (χ1) is 8.22. The lowest BCUT2D eigenvalue weighted by Gasteiger charge is -2.29. The molecular weight excluding hydrogens is 240 g/mol. The number of nitrogens with zero attached hydrogens (tertiary/aromatic N) is 2. The van der Waals surface area contributed by atoms with Crippen LogP contribution < -0.4 is 9.64 Å². The van der Waals surface area contributed by atoms with E-state index in [4.69, 9.17) is 21.6 Å². The fourth-order valence-corrected chi connectivity index (χ4v) is 1.90. The number of hydrogen-bond acceptors (Lipinski definition) is 3. The SMILES string of the molecule is N#CCCCN1C(=O)COc2ccc(Cl)cc21. The highest BCUT2D eigenvalue weighted by molar-refractivity contribution is 6.31. The minimum absolute atomic E-state index is 0.0428. The van der Waals surface area contributed by atoms with Crippen molar-refractivity contribution in [3.05, 3.63) is 23.2 Å². The van der Waals surface area contributed by atoms with Crippen molar-refractivity contribution >= 4 is 23.2 Å². The molecule has 5 heteroatoms. The molecule has 4 nitrogen and oxygen atoms in total. The van der Waals surface area contributed by atoms with Gasteiger partial charge in [-0.2, -0.15) is 5.26 Å². The van der Waals surface area contributed by atoms with Crippen molar-refractivity contribution in [2.24, 2.45) is 0 Å². The Morgan fingerprint density at radius 3 is 3.12 bits per heavy atom. The van der Waals surface area contributed by atoms with Gasteiger partial charge in [-0.25, -0.2) is 0 Å².